The Morgan fingerprint density at radius 3 is 2.38 bits per heavy atom. The molecule has 0 radical (unpaired) electrons. The fraction of sp³-hybridized carbons (Fsp3) is 0.370. The zero-order valence-electron chi connectivity index (χ0n) is 22.0. The van der Waals surface area contributed by atoms with Crippen molar-refractivity contribution in [2.45, 2.75) is 50.2 Å². The lowest BCUT2D eigenvalue weighted by atomic mass is 9.95. The summed E-state index contributed by atoms with van der Waals surface area (Å²) in [5.74, 6) is 0.860. The van der Waals surface area contributed by atoms with Crippen LogP contribution in [0.15, 0.2) is 46.7 Å². The van der Waals surface area contributed by atoms with Crippen molar-refractivity contribution in [3.63, 3.8) is 0 Å². The summed E-state index contributed by atoms with van der Waals surface area (Å²) in [5, 5.41) is 14.3. The molecular weight excluding hydrogens is 542 g/mol. The lowest BCUT2D eigenvalue weighted by molar-refractivity contribution is -0.132. The quantitative estimate of drug-likeness (QED) is 0.115. The molecule has 1 aliphatic carbocycles. The van der Waals surface area contributed by atoms with Gasteiger partial charge >= 0.3 is 5.97 Å². The van der Waals surface area contributed by atoms with Gasteiger partial charge in [-0.1, -0.05) is 42.6 Å². The molecule has 1 saturated carbocycles. The molecule has 1 aromatic heterocycles. The van der Waals surface area contributed by atoms with Crippen molar-refractivity contribution in [1.82, 2.24) is 20.2 Å². The highest BCUT2D eigenvalue weighted by Crippen LogP contribution is 2.38. The van der Waals surface area contributed by atoms with Gasteiger partial charge in [0.15, 0.2) is 22.5 Å². The maximum Gasteiger partial charge on any atom is 0.308 e. The molecule has 39 heavy (non-hydrogen) atoms. The van der Waals surface area contributed by atoms with Crippen LogP contribution in [0.2, 0.25) is 5.02 Å². The standard InChI is InChI=1S/C27H30ClN5O5S/c1-17(34)38-25-22(36-2)13-18(14-23(25)37-3)15-29-30-24(35)16-39-27-32-31-26(19-9-11-20(28)12-10-19)33(27)21-7-5-4-6-8-21/h9-15,21H,4-8,16H2,1-3H3,(H,30,35)/b29-15-. The van der Waals surface area contributed by atoms with Crippen molar-refractivity contribution >= 4 is 41.5 Å². The van der Waals surface area contributed by atoms with Crippen LogP contribution in [0.3, 0.4) is 0 Å². The summed E-state index contributed by atoms with van der Waals surface area (Å²) in [6.07, 6.45) is 7.08. The fourth-order valence-corrected chi connectivity index (χ4v) is 5.32. The minimum Gasteiger partial charge on any atom is -0.493 e. The lowest BCUT2D eigenvalue weighted by Gasteiger charge is -2.25. The van der Waals surface area contributed by atoms with Crippen LogP contribution in [0.5, 0.6) is 17.2 Å². The molecule has 1 fully saturated rings. The number of halogens is 1. The largest absolute Gasteiger partial charge is 0.493 e. The Hall–Kier alpha value is -3.57. The first kappa shape index (κ1) is 28.4. The Morgan fingerprint density at radius 1 is 1.10 bits per heavy atom. The number of esters is 1. The second-order valence-electron chi connectivity index (χ2n) is 8.90. The minimum absolute atomic E-state index is 0.112. The summed E-state index contributed by atoms with van der Waals surface area (Å²) < 4.78 is 18.0. The van der Waals surface area contributed by atoms with Gasteiger partial charge in [0.1, 0.15) is 0 Å². The number of hydrazone groups is 1. The summed E-state index contributed by atoms with van der Waals surface area (Å²) in [6, 6.07) is 11.1. The second-order valence-corrected chi connectivity index (χ2v) is 10.3. The first-order chi connectivity index (χ1) is 18.9. The molecule has 1 amide bonds. The van der Waals surface area contributed by atoms with Crippen LogP contribution in [-0.2, 0) is 9.59 Å². The first-order valence-electron chi connectivity index (χ1n) is 12.5. The van der Waals surface area contributed by atoms with E-state index >= 15 is 0 Å². The predicted molar refractivity (Wildman–Crippen MR) is 150 cm³/mol. The normalized spacial score (nSPS) is 13.8. The van der Waals surface area contributed by atoms with E-state index in [0.717, 1.165) is 37.1 Å². The number of hydrogen-bond acceptors (Lipinski definition) is 9. The number of thioether (sulfide) groups is 1. The monoisotopic (exact) mass is 571 g/mol. The number of ether oxygens (including phenoxy) is 3. The number of methoxy groups -OCH3 is 2. The third-order valence-electron chi connectivity index (χ3n) is 6.17. The minimum atomic E-state index is -0.502. The molecule has 1 heterocycles. The zero-order valence-corrected chi connectivity index (χ0v) is 23.6. The Bertz CT molecular complexity index is 1310. The van der Waals surface area contributed by atoms with Gasteiger partial charge in [-0.25, -0.2) is 5.43 Å². The van der Waals surface area contributed by atoms with Crippen molar-refractivity contribution in [2.24, 2.45) is 5.10 Å². The van der Waals surface area contributed by atoms with E-state index < -0.39 is 5.97 Å². The maximum atomic E-state index is 12.6. The molecule has 0 aliphatic heterocycles. The Labute approximate surface area is 236 Å². The van der Waals surface area contributed by atoms with Crippen molar-refractivity contribution in [1.29, 1.82) is 0 Å². The molecule has 10 nitrogen and oxygen atoms in total. The van der Waals surface area contributed by atoms with Crippen LogP contribution in [0.25, 0.3) is 11.4 Å². The number of hydrogen-bond donors (Lipinski definition) is 1. The van der Waals surface area contributed by atoms with Gasteiger partial charge in [-0.3, -0.25) is 14.2 Å². The molecule has 3 aromatic rings. The lowest BCUT2D eigenvalue weighted by Crippen LogP contribution is -2.20. The second kappa shape index (κ2) is 13.5. The van der Waals surface area contributed by atoms with E-state index in [0.29, 0.717) is 27.2 Å². The molecule has 2 aromatic carbocycles. The molecule has 0 saturated heterocycles. The molecule has 0 atom stereocenters. The van der Waals surface area contributed by atoms with Crippen molar-refractivity contribution < 1.29 is 23.8 Å². The summed E-state index contributed by atoms with van der Waals surface area (Å²) >= 11 is 7.40. The van der Waals surface area contributed by atoms with Crippen molar-refractivity contribution in [3.8, 4) is 28.6 Å². The first-order valence-corrected chi connectivity index (χ1v) is 13.9. The Morgan fingerprint density at radius 2 is 1.77 bits per heavy atom. The number of benzene rings is 2. The highest BCUT2D eigenvalue weighted by atomic mass is 35.5. The van der Waals surface area contributed by atoms with Gasteiger partial charge in [0.2, 0.25) is 5.75 Å². The summed E-state index contributed by atoms with van der Waals surface area (Å²) in [5.41, 5.74) is 4.05. The smallest absolute Gasteiger partial charge is 0.308 e. The van der Waals surface area contributed by atoms with Gasteiger partial charge in [-0.15, -0.1) is 10.2 Å². The van der Waals surface area contributed by atoms with Crippen molar-refractivity contribution in [3.05, 3.63) is 47.0 Å². The van der Waals surface area contributed by atoms with Gasteiger partial charge in [0.25, 0.3) is 5.91 Å². The average molecular weight is 572 g/mol. The summed E-state index contributed by atoms with van der Waals surface area (Å²) in [7, 11) is 2.90. The average Bonchev–Trinajstić information content (AvgIpc) is 3.37. The molecule has 12 heteroatoms. The van der Waals surface area contributed by atoms with E-state index in [1.165, 1.54) is 45.5 Å². The molecule has 0 unspecified atom stereocenters. The molecule has 4 rings (SSSR count). The van der Waals surface area contributed by atoms with Gasteiger partial charge in [-0.05, 0) is 49.2 Å². The molecule has 0 bridgehead atoms. The number of carbonyl (C=O) groups excluding carboxylic acids is 2. The van der Waals surface area contributed by atoms with Crippen molar-refractivity contribution in [2.75, 3.05) is 20.0 Å². The molecular formula is C27H30ClN5O5S. The molecule has 0 spiro atoms. The number of nitrogens with zero attached hydrogens (tertiary/aromatic N) is 4. The maximum absolute atomic E-state index is 12.6. The van der Waals surface area contributed by atoms with Gasteiger partial charge in [-0.2, -0.15) is 5.10 Å². The molecule has 206 valence electrons. The number of nitrogens with one attached hydrogen (secondary N) is 1. The Balaban J connectivity index is 1.44. The van der Waals surface area contributed by atoms with Gasteiger partial charge in [0, 0.05) is 29.1 Å². The van der Waals surface area contributed by atoms with Crippen LogP contribution in [0.1, 0.15) is 50.6 Å². The highest BCUT2D eigenvalue weighted by Gasteiger charge is 2.24. The van der Waals surface area contributed by atoms with E-state index in [1.54, 1.807) is 12.1 Å². The SMILES string of the molecule is COc1cc(/C=N\NC(=O)CSc2nnc(-c3ccc(Cl)cc3)n2C2CCCCC2)cc(OC)c1OC(C)=O. The zero-order chi connectivity index (χ0) is 27.8. The molecule has 1 N–H and O–H groups in total. The van der Waals surface area contributed by atoms with E-state index in [9.17, 15) is 9.59 Å². The summed E-state index contributed by atoms with van der Waals surface area (Å²) in [4.78, 5) is 24.0. The van der Waals surface area contributed by atoms with Crippen LogP contribution in [0.4, 0.5) is 0 Å². The van der Waals surface area contributed by atoms with E-state index in [-0.39, 0.29) is 23.5 Å². The third kappa shape index (κ3) is 7.30. The van der Waals surface area contributed by atoms with Crippen LogP contribution in [-0.4, -0.2) is 52.8 Å². The van der Waals surface area contributed by atoms with E-state index in [2.05, 4.69) is 25.3 Å². The van der Waals surface area contributed by atoms with Crippen LogP contribution >= 0.6 is 23.4 Å². The number of amides is 1. The topological polar surface area (TPSA) is 117 Å². The van der Waals surface area contributed by atoms with Gasteiger partial charge in [0.05, 0.1) is 26.2 Å². The van der Waals surface area contributed by atoms with E-state index in [4.69, 9.17) is 25.8 Å². The Kier molecular flexibility index (Phi) is 9.83. The predicted octanol–water partition coefficient (Wildman–Crippen LogP) is 5.29. The fourth-order valence-electron chi connectivity index (χ4n) is 4.40. The van der Waals surface area contributed by atoms with Gasteiger partial charge < -0.3 is 14.2 Å². The number of rotatable bonds is 10. The number of carbonyl (C=O) groups is 2. The summed E-state index contributed by atoms with van der Waals surface area (Å²) in [6.45, 7) is 1.29. The van der Waals surface area contributed by atoms with Crippen LogP contribution < -0.4 is 19.6 Å². The van der Waals surface area contributed by atoms with E-state index in [1.807, 2.05) is 24.3 Å². The highest BCUT2D eigenvalue weighted by molar-refractivity contribution is 7.99. The number of aromatic nitrogens is 3. The van der Waals surface area contributed by atoms with Crippen LogP contribution in [0, 0.1) is 0 Å². The molecule has 1 aliphatic rings. The third-order valence-corrected chi connectivity index (χ3v) is 7.37.